The van der Waals surface area contributed by atoms with Crippen molar-refractivity contribution in [3.8, 4) is 11.5 Å². The molecular formula is C32H50N4O4Si2. The normalized spacial score (nSPS) is 20.1. The predicted molar refractivity (Wildman–Crippen MR) is 174 cm³/mol. The molecule has 0 N–H and O–H groups in total. The summed E-state index contributed by atoms with van der Waals surface area (Å²) >= 11 is 0. The number of hydrogen-bond donors (Lipinski definition) is 0. The zero-order valence-electron chi connectivity index (χ0n) is 27.2. The third kappa shape index (κ3) is 6.61. The van der Waals surface area contributed by atoms with E-state index >= 15 is 0 Å². The van der Waals surface area contributed by atoms with Crippen LogP contribution in [0.15, 0.2) is 12.1 Å². The monoisotopic (exact) mass is 610 g/mol. The van der Waals surface area contributed by atoms with Crippen LogP contribution in [0.25, 0.3) is 22.6 Å². The van der Waals surface area contributed by atoms with Crippen molar-refractivity contribution in [1.82, 2.24) is 19.3 Å². The van der Waals surface area contributed by atoms with E-state index in [-0.39, 0.29) is 5.97 Å². The molecule has 5 rings (SSSR count). The zero-order valence-corrected chi connectivity index (χ0v) is 29.2. The molecule has 3 aromatic rings. The van der Waals surface area contributed by atoms with Gasteiger partial charge in [-0.1, -0.05) is 53.1 Å². The molecule has 1 saturated carbocycles. The summed E-state index contributed by atoms with van der Waals surface area (Å²) in [5.41, 5.74) is 6.89. The van der Waals surface area contributed by atoms with Crippen molar-refractivity contribution in [2.24, 2.45) is 11.3 Å². The average molecular weight is 611 g/mol. The van der Waals surface area contributed by atoms with E-state index in [4.69, 9.17) is 24.3 Å². The molecule has 0 spiro atoms. The number of hydrogen-bond acceptors (Lipinski definition) is 6. The van der Waals surface area contributed by atoms with Crippen molar-refractivity contribution in [3.63, 3.8) is 0 Å². The summed E-state index contributed by atoms with van der Waals surface area (Å²) in [6.45, 7) is 21.0. The average Bonchev–Trinajstić information content (AvgIpc) is 3.27. The van der Waals surface area contributed by atoms with Gasteiger partial charge in [0.05, 0.1) is 18.2 Å². The Kier molecular flexibility index (Phi) is 8.66. The van der Waals surface area contributed by atoms with Gasteiger partial charge in [-0.15, -0.1) is 0 Å². The minimum absolute atomic E-state index is 0.356. The topological polar surface area (TPSA) is 80.4 Å². The molecule has 2 aromatic heterocycles. The fraction of sp³-hybridized carbons (Fsp3) is 0.656. The molecule has 2 heterocycles. The number of fused-ring (bicyclic) bond motifs is 3. The van der Waals surface area contributed by atoms with E-state index in [1.54, 1.807) is 0 Å². The van der Waals surface area contributed by atoms with Crippen LogP contribution in [0.4, 0.5) is 0 Å². The van der Waals surface area contributed by atoms with Crippen molar-refractivity contribution in [2.75, 3.05) is 20.3 Å². The molecule has 42 heavy (non-hydrogen) atoms. The highest BCUT2D eigenvalue weighted by atomic mass is 28.3. The molecule has 1 aromatic carbocycles. The van der Waals surface area contributed by atoms with Crippen LogP contribution in [0.3, 0.4) is 0 Å². The standard InChI is InChI=1S/C32H50N4O4Si2/c1-10-22-15-25(31(37)38-3)28-26(16-22)35(20-39-11-13-41(4,5)6)30(33-28)29-24-17-23-18-32(23,2)19-27(24)36(34-29)21-40-12-14-42(7,8)9/h15-16,23H,10-14,17-21H2,1-9H3/t23-,32-/m1/s1. The molecule has 0 saturated heterocycles. The minimum Gasteiger partial charge on any atom is -0.465 e. The highest BCUT2D eigenvalue weighted by Gasteiger charge is 2.54. The van der Waals surface area contributed by atoms with Gasteiger partial charge in [0.1, 0.15) is 24.7 Å². The van der Waals surface area contributed by atoms with E-state index < -0.39 is 16.1 Å². The lowest BCUT2D eigenvalue weighted by atomic mass is 9.87. The van der Waals surface area contributed by atoms with E-state index in [0.717, 1.165) is 60.6 Å². The number of carbonyl (C=O) groups excluding carboxylic acids is 1. The van der Waals surface area contributed by atoms with Crippen LogP contribution in [0.5, 0.6) is 0 Å². The molecule has 8 nitrogen and oxygen atoms in total. The van der Waals surface area contributed by atoms with Crippen LogP contribution in [-0.4, -0.2) is 61.8 Å². The van der Waals surface area contributed by atoms with Gasteiger partial charge in [0, 0.05) is 40.6 Å². The van der Waals surface area contributed by atoms with Gasteiger partial charge in [-0.25, -0.2) is 14.5 Å². The van der Waals surface area contributed by atoms with E-state index in [1.807, 2.05) is 6.07 Å². The molecule has 230 valence electrons. The lowest BCUT2D eigenvalue weighted by Gasteiger charge is -2.20. The maximum Gasteiger partial charge on any atom is 0.340 e. The van der Waals surface area contributed by atoms with Gasteiger partial charge in [-0.05, 0) is 66.8 Å². The quantitative estimate of drug-likeness (QED) is 0.118. The molecule has 2 atom stereocenters. The van der Waals surface area contributed by atoms with Gasteiger partial charge < -0.3 is 14.2 Å². The molecular weight excluding hydrogens is 561 g/mol. The molecule has 1 fully saturated rings. The Morgan fingerprint density at radius 1 is 1.05 bits per heavy atom. The number of imidazole rings is 1. The molecule has 0 bridgehead atoms. The third-order valence-electron chi connectivity index (χ3n) is 9.09. The van der Waals surface area contributed by atoms with Gasteiger partial charge in [0.2, 0.25) is 0 Å². The van der Waals surface area contributed by atoms with Crippen molar-refractivity contribution < 1.29 is 19.0 Å². The number of ether oxygens (including phenoxy) is 3. The number of nitrogens with zero attached hydrogens (tertiary/aromatic N) is 4. The Morgan fingerprint density at radius 3 is 2.33 bits per heavy atom. The predicted octanol–water partition coefficient (Wildman–Crippen LogP) is 7.00. The molecule has 2 aliphatic carbocycles. The first-order valence-electron chi connectivity index (χ1n) is 15.6. The molecule has 0 unspecified atom stereocenters. The van der Waals surface area contributed by atoms with Crippen LogP contribution in [0.2, 0.25) is 51.4 Å². The maximum atomic E-state index is 12.9. The number of rotatable bonds is 13. The molecule has 2 aliphatic rings. The Hall–Kier alpha value is -2.28. The SMILES string of the molecule is CCc1cc(C(=O)OC)c2nc(-c3nn(COCC[Si](C)(C)C)c4c3C[C@@H]3C[C@]3(C)C4)n(COCC[Si](C)(C)C)c2c1. The van der Waals surface area contributed by atoms with E-state index in [2.05, 4.69) is 68.4 Å². The molecule has 10 heteroatoms. The van der Waals surface area contributed by atoms with Gasteiger partial charge in [-0.2, -0.15) is 5.10 Å². The zero-order chi connectivity index (χ0) is 30.4. The summed E-state index contributed by atoms with van der Waals surface area (Å²) in [7, 11) is -1.00. The third-order valence-corrected chi connectivity index (χ3v) is 12.5. The first-order valence-corrected chi connectivity index (χ1v) is 23.0. The molecule has 0 amide bonds. The van der Waals surface area contributed by atoms with Crippen molar-refractivity contribution >= 4 is 33.2 Å². The largest absolute Gasteiger partial charge is 0.465 e. The van der Waals surface area contributed by atoms with Gasteiger partial charge in [0.15, 0.2) is 5.82 Å². The Balaban J connectivity index is 1.59. The number of aromatic nitrogens is 4. The second-order valence-corrected chi connectivity index (χ2v) is 26.4. The lowest BCUT2D eigenvalue weighted by molar-refractivity contribution is 0.0602. The van der Waals surface area contributed by atoms with Crippen LogP contribution in [0, 0.1) is 11.3 Å². The lowest BCUT2D eigenvalue weighted by Crippen LogP contribution is -2.23. The summed E-state index contributed by atoms with van der Waals surface area (Å²) in [5, 5.41) is 5.20. The van der Waals surface area contributed by atoms with Gasteiger partial charge in [-0.3, -0.25) is 4.57 Å². The summed E-state index contributed by atoms with van der Waals surface area (Å²) in [4.78, 5) is 18.1. The van der Waals surface area contributed by atoms with Crippen LogP contribution in [-0.2, 0) is 46.9 Å². The van der Waals surface area contributed by atoms with Gasteiger partial charge >= 0.3 is 5.97 Å². The fourth-order valence-corrected chi connectivity index (χ4v) is 7.54. The number of methoxy groups -OCH3 is 1. The summed E-state index contributed by atoms with van der Waals surface area (Å²) in [6.07, 6.45) is 4.06. The van der Waals surface area contributed by atoms with Crippen molar-refractivity contribution in [3.05, 3.63) is 34.5 Å². The summed E-state index contributed by atoms with van der Waals surface area (Å²) in [6, 6.07) is 6.27. The van der Waals surface area contributed by atoms with Crippen LogP contribution >= 0.6 is 0 Å². The van der Waals surface area contributed by atoms with E-state index in [1.165, 1.54) is 24.8 Å². The molecule has 0 aliphatic heterocycles. The number of aryl methyl sites for hydroxylation is 1. The number of benzene rings is 1. The minimum atomic E-state index is -1.25. The Bertz CT molecular complexity index is 1470. The molecule has 0 radical (unpaired) electrons. The second kappa shape index (κ2) is 11.7. The first-order chi connectivity index (χ1) is 19.7. The summed E-state index contributed by atoms with van der Waals surface area (Å²) < 4.78 is 21.9. The highest BCUT2D eigenvalue weighted by Crippen LogP contribution is 2.60. The second-order valence-electron chi connectivity index (χ2n) is 15.1. The van der Waals surface area contributed by atoms with E-state index in [0.29, 0.717) is 42.5 Å². The van der Waals surface area contributed by atoms with E-state index in [9.17, 15) is 4.79 Å². The number of carbonyl (C=O) groups is 1. The van der Waals surface area contributed by atoms with Crippen LogP contribution in [0.1, 0.15) is 47.4 Å². The van der Waals surface area contributed by atoms with Crippen molar-refractivity contribution in [2.45, 2.75) is 104 Å². The summed E-state index contributed by atoms with van der Waals surface area (Å²) in [5.74, 6) is 1.07. The Morgan fingerprint density at radius 2 is 1.71 bits per heavy atom. The Labute approximate surface area is 253 Å². The smallest absolute Gasteiger partial charge is 0.340 e. The number of esters is 1. The maximum absolute atomic E-state index is 12.9. The van der Waals surface area contributed by atoms with Crippen LogP contribution < -0.4 is 0 Å². The first kappa shape index (κ1) is 31.2. The highest BCUT2D eigenvalue weighted by molar-refractivity contribution is 6.76. The van der Waals surface area contributed by atoms with Gasteiger partial charge in [0.25, 0.3) is 0 Å². The van der Waals surface area contributed by atoms with Crippen molar-refractivity contribution in [1.29, 1.82) is 0 Å². The fourth-order valence-electron chi connectivity index (χ4n) is 6.03.